The Morgan fingerprint density at radius 3 is 2.38 bits per heavy atom. The standard InChI is InChI=1S/C21H21ClN2O2/c1-13(2)12-24-20(25)18(15-7-5-4-6-8-15)19(21(24)26)23-17-11-16(22)10-9-14(17)3/h4-11,13,23H,12H2,1-3H3. The van der Waals surface area contributed by atoms with E-state index < -0.39 is 0 Å². The van der Waals surface area contributed by atoms with Crippen LogP contribution >= 0.6 is 11.6 Å². The van der Waals surface area contributed by atoms with Gasteiger partial charge in [0.05, 0.1) is 5.57 Å². The Morgan fingerprint density at radius 1 is 1.04 bits per heavy atom. The van der Waals surface area contributed by atoms with Gasteiger partial charge in [0.15, 0.2) is 0 Å². The van der Waals surface area contributed by atoms with Crippen LogP contribution in [-0.2, 0) is 9.59 Å². The van der Waals surface area contributed by atoms with E-state index in [0.29, 0.717) is 28.5 Å². The van der Waals surface area contributed by atoms with E-state index in [2.05, 4.69) is 5.32 Å². The number of carbonyl (C=O) groups is 2. The van der Waals surface area contributed by atoms with Gasteiger partial charge >= 0.3 is 0 Å². The Kier molecular flexibility index (Phi) is 5.14. The number of amides is 2. The fraction of sp³-hybridized carbons (Fsp3) is 0.238. The van der Waals surface area contributed by atoms with Crippen LogP contribution in [-0.4, -0.2) is 23.3 Å². The molecule has 2 aromatic carbocycles. The smallest absolute Gasteiger partial charge is 0.278 e. The van der Waals surface area contributed by atoms with Crippen molar-refractivity contribution in [2.24, 2.45) is 5.92 Å². The number of anilines is 1. The highest BCUT2D eigenvalue weighted by Crippen LogP contribution is 2.32. The summed E-state index contributed by atoms with van der Waals surface area (Å²) in [5.41, 5.74) is 3.08. The lowest BCUT2D eigenvalue weighted by Gasteiger charge is -2.17. The van der Waals surface area contributed by atoms with Crippen molar-refractivity contribution in [1.29, 1.82) is 0 Å². The van der Waals surface area contributed by atoms with Crippen molar-refractivity contribution >= 4 is 34.7 Å². The van der Waals surface area contributed by atoms with Gasteiger partial charge < -0.3 is 5.32 Å². The molecule has 1 heterocycles. The number of nitrogens with one attached hydrogen (secondary N) is 1. The largest absolute Gasteiger partial charge is 0.350 e. The molecular weight excluding hydrogens is 348 g/mol. The van der Waals surface area contributed by atoms with Crippen molar-refractivity contribution in [3.05, 3.63) is 70.4 Å². The maximum absolute atomic E-state index is 13.0. The van der Waals surface area contributed by atoms with E-state index in [1.807, 2.05) is 57.2 Å². The molecule has 134 valence electrons. The van der Waals surface area contributed by atoms with E-state index in [1.165, 1.54) is 4.90 Å². The zero-order chi connectivity index (χ0) is 18.8. The number of halogens is 1. The Bertz CT molecular complexity index is 888. The Hall–Kier alpha value is -2.59. The molecule has 1 aliphatic heterocycles. The fourth-order valence-corrected chi connectivity index (χ4v) is 3.13. The van der Waals surface area contributed by atoms with Gasteiger partial charge in [0.1, 0.15) is 5.70 Å². The lowest BCUT2D eigenvalue weighted by Crippen LogP contribution is -2.35. The predicted molar refractivity (Wildman–Crippen MR) is 105 cm³/mol. The van der Waals surface area contributed by atoms with Crippen LogP contribution in [0.15, 0.2) is 54.2 Å². The first-order chi connectivity index (χ1) is 12.4. The summed E-state index contributed by atoms with van der Waals surface area (Å²) in [6.07, 6.45) is 0. The second-order valence-corrected chi connectivity index (χ2v) is 7.25. The minimum Gasteiger partial charge on any atom is -0.350 e. The first kappa shape index (κ1) is 18.2. The van der Waals surface area contributed by atoms with Crippen LogP contribution in [0.3, 0.4) is 0 Å². The molecule has 0 atom stereocenters. The van der Waals surface area contributed by atoms with Gasteiger partial charge in [-0.1, -0.05) is 61.8 Å². The molecule has 0 bridgehead atoms. The molecule has 2 aromatic rings. The lowest BCUT2D eigenvalue weighted by atomic mass is 10.0. The molecule has 26 heavy (non-hydrogen) atoms. The number of rotatable bonds is 5. The van der Waals surface area contributed by atoms with Crippen LogP contribution in [0, 0.1) is 12.8 Å². The second kappa shape index (κ2) is 7.34. The Balaban J connectivity index is 2.09. The minimum absolute atomic E-state index is 0.187. The van der Waals surface area contributed by atoms with Gasteiger partial charge in [-0.15, -0.1) is 0 Å². The molecule has 1 N–H and O–H groups in total. The van der Waals surface area contributed by atoms with Crippen molar-refractivity contribution in [2.45, 2.75) is 20.8 Å². The first-order valence-electron chi connectivity index (χ1n) is 8.57. The van der Waals surface area contributed by atoms with Gasteiger partial charge in [0.2, 0.25) is 0 Å². The molecule has 0 spiro atoms. The van der Waals surface area contributed by atoms with Crippen molar-refractivity contribution in [3.63, 3.8) is 0 Å². The molecule has 0 saturated carbocycles. The normalized spacial score (nSPS) is 14.6. The van der Waals surface area contributed by atoms with E-state index in [1.54, 1.807) is 12.1 Å². The van der Waals surface area contributed by atoms with Crippen molar-refractivity contribution in [2.75, 3.05) is 11.9 Å². The zero-order valence-corrected chi connectivity index (χ0v) is 15.8. The number of benzene rings is 2. The number of hydrogen-bond acceptors (Lipinski definition) is 3. The lowest BCUT2D eigenvalue weighted by molar-refractivity contribution is -0.137. The van der Waals surface area contributed by atoms with E-state index >= 15 is 0 Å². The molecule has 0 unspecified atom stereocenters. The average molecular weight is 369 g/mol. The maximum Gasteiger partial charge on any atom is 0.278 e. The van der Waals surface area contributed by atoms with Crippen molar-refractivity contribution in [1.82, 2.24) is 4.90 Å². The Labute approximate surface area is 158 Å². The summed E-state index contributed by atoms with van der Waals surface area (Å²) < 4.78 is 0. The summed E-state index contributed by atoms with van der Waals surface area (Å²) in [7, 11) is 0. The third-order valence-corrected chi connectivity index (χ3v) is 4.47. The van der Waals surface area contributed by atoms with Crippen LogP contribution in [0.25, 0.3) is 5.57 Å². The molecule has 0 radical (unpaired) electrons. The third kappa shape index (κ3) is 3.51. The molecular formula is C21H21ClN2O2. The molecule has 0 aromatic heterocycles. The van der Waals surface area contributed by atoms with Crippen LogP contribution in [0.1, 0.15) is 25.0 Å². The number of imide groups is 1. The monoisotopic (exact) mass is 368 g/mol. The van der Waals surface area contributed by atoms with Crippen LogP contribution < -0.4 is 5.32 Å². The van der Waals surface area contributed by atoms with Crippen LogP contribution in [0.2, 0.25) is 5.02 Å². The van der Waals surface area contributed by atoms with E-state index in [9.17, 15) is 9.59 Å². The van der Waals surface area contributed by atoms with Crippen LogP contribution in [0.4, 0.5) is 5.69 Å². The highest BCUT2D eigenvalue weighted by atomic mass is 35.5. The zero-order valence-electron chi connectivity index (χ0n) is 15.0. The quantitative estimate of drug-likeness (QED) is 0.791. The van der Waals surface area contributed by atoms with E-state index in [4.69, 9.17) is 11.6 Å². The summed E-state index contributed by atoms with van der Waals surface area (Å²) in [6, 6.07) is 14.7. The first-order valence-corrected chi connectivity index (χ1v) is 8.95. The number of aryl methyl sites for hydroxylation is 1. The van der Waals surface area contributed by atoms with Gasteiger partial charge in [-0.3, -0.25) is 14.5 Å². The molecule has 3 rings (SSSR count). The van der Waals surface area contributed by atoms with Gasteiger partial charge in [0, 0.05) is 17.3 Å². The summed E-state index contributed by atoms with van der Waals surface area (Å²) in [6.45, 7) is 6.27. The molecule has 0 aliphatic carbocycles. The highest BCUT2D eigenvalue weighted by Gasteiger charge is 2.39. The van der Waals surface area contributed by atoms with Gasteiger partial charge in [-0.2, -0.15) is 0 Å². The summed E-state index contributed by atoms with van der Waals surface area (Å²) in [5.74, 6) is -0.383. The van der Waals surface area contributed by atoms with E-state index in [0.717, 1.165) is 11.1 Å². The summed E-state index contributed by atoms with van der Waals surface area (Å²) in [4.78, 5) is 27.3. The van der Waals surface area contributed by atoms with Crippen molar-refractivity contribution in [3.8, 4) is 0 Å². The predicted octanol–water partition coefficient (Wildman–Crippen LogP) is 4.50. The molecule has 0 saturated heterocycles. The molecule has 5 heteroatoms. The van der Waals surface area contributed by atoms with E-state index in [-0.39, 0.29) is 17.7 Å². The highest BCUT2D eigenvalue weighted by molar-refractivity contribution is 6.36. The Morgan fingerprint density at radius 2 is 1.73 bits per heavy atom. The second-order valence-electron chi connectivity index (χ2n) is 6.82. The minimum atomic E-state index is -0.304. The van der Waals surface area contributed by atoms with Gasteiger partial charge in [-0.05, 0) is 36.1 Å². The SMILES string of the molecule is Cc1ccc(Cl)cc1NC1=C(c2ccccc2)C(=O)N(CC(C)C)C1=O. The van der Waals surface area contributed by atoms with Gasteiger partial charge in [-0.25, -0.2) is 0 Å². The summed E-state index contributed by atoms with van der Waals surface area (Å²) >= 11 is 6.10. The number of carbonyl (C=O) groups excluding carboxylic acids is 2. The van der Waals surface area contributed by atoms with Crippen LogP contribution in [0.5, 0.6) is 0 Å². The molecule has 2 amide bonds. The van der Waals surface area contributed by atoms with Gasteiger partial charge in [0.25, 0.3) is 11.8 Å². The molecule has 4 nitrogen and oxygen atoms in total. The summed E-state index contributed by atoms with van der Waals surface area (Å²) in [5, 5.41) is 3.73. The average Bonchev–Trinajstić information content (AvgIpc) is 2.83. The molecule has 1 aliphatic rings. The number of nitrogens with zero attached hydrogens (tertiary/aromatic N) is 1. The third-order valence-electron chi connectivity index (χ3n) is 4.24. The number of hydrogen-bond donors (Lipinski definition) is 1. The topological polar surface area (TPSA) is 49.4 Å². The molecule has 0 fully saturated rings. The fourth-order valence-electron chi connectivity index (χ4n) is 2.96. The maximum atomic E-state index is 13.0. The van der Waals surface area contributed by atoms with Crippen molar-refractivity contribution < 1.29 is 9.59 Å².